The summed E-state index contributed by atoms with van der Waals surface area (Å²) in [6.07, 6.45) is -21.1. The molecule has 22 heteroatoms. The Morgan fingerprint density at radius 3 is 1.97 bits per heavy atom. The molecule has 4 saturated heterocycles. The Labute approximate surface area is 437 Å². The van der Waals surface area contributed by atoms with Crippen LogP contribution in [-0.2, 0) is 42.7 Å². The van der Waals surface area contributed by atoms with Crippen molar-refractivity contribution in [2.45, 2.75) is 235 Å². The number of fused-ring (bicyclic) bond motifs is 7. The summed E-state index contributed by atoms with van der Waals surface area (Å²) in [7, 11) is 0. The fourth-order valence-electron chi connectivity index (χ4n) is 16.1. The maximum atomic E-state index is 15.1. The highest BCUT2D eigenvalue weighted by Gasteiger charge is 2.70. The van der Waals surface area contributed by atoms with Gasteiger partial charge in [0.15, 0.2) is 18.9 Å². The van der Waals surface area contributed by atoms with Crippen molar-refractivity contribution in [1.82, 2.24) is 0 Å². The molecule has 4 saturated carbocycles. The second-order valence-corrected chi connectivity index (χ2v) is 25.7. The zero-order chi connectivity index (χ0) is 54.7. The molecule has 0 aromatic heterocycles. The van der Waals surface area contributed by atoms with E-state index >= 15 is 4.79 Å². The van der Waals surface area contributed by atoms with Crippen molar-refractivity contribution in [3.8, 4) is 0 Å². The van der Waals surface area contributed by atoms with E-state index in [1.165, 1.54) is 12.5 Å². The van der Waals surface area contributed by atoms with Gasteiger partial charge in [-0.05, 0) is 111 Å². The molecular weight excluding hydrogens is 989 g/mol. The predicted molar refractivity (Wildman–Crippen MR) is 257 cm³/mol. The van der Waals surface area contributed by atoms with Crippen LogP contribution in [0.4, 0.5) is 0 Å². The van der Waals surface area contributed by atoms with Crippen molar-refractivity contribution in [2.75, 3.05) is 26.4 Å². The lowest BCUT2D eigenvalue weighted by atomic mass is 9.33. The largest absolute Gasteiger partial charge is 0.432 e. The first kappa shape index (κ1) is 58.1. The minimum atomic E-state index is -1.87. The molecule has 8 fully saturated rings. The highest BCUT2D eigenvalue weighted by Crippen LogP contribution is 2.76. The first-order chi connectivity index (χ1) is 35.1. The van der Waals surface area contributed by atoms with Crippen LogP contribution in [0.15, 0.2) is 11.6 Å². The third kappa shape index (κ3) is 9.50. The van der Waals surface area contributed by atoms with Crippen molar-refractivity contribution < 1.29 is 109 Å². The molecule has 4 aliphatic heterocycles. The average molecular weight is 1080 g/mol. The summed E-state index contributed by atoms with van der Waals surface area (Å²) in [5, 5.41) is 139. The Balaban J connectivity index is 0.898. The van der Waals surface area contributed by atoms with Gasteiger partial charge in [0.25, 0.3) is 0 Å². The minimum Gasteiger partial charge on any atom is -0.432 e. The maximum Gasteiger partial charge on any atom is 0.315 e. The molecule has 75 heavy (non-hydrogen) atoms. The molecule has 9 aliphatic rings. The SMILES string of the molecule is C[C@@H]1O[C@@H](O[C@H]2[C@H](O)[C@@H](O)[C@H](OC[C@H]3O[C@@H](OC(=O)C45CCC(C)(C)C[C@H]4C4=CC[C@H]6C(C)(CC[C@H]7[C@](C)(CO)[C@@H](O[C@@H]8OC[C@H](O)[C@H](O)[C@H]8O)CC[C@@]76C)C4(C)CC5)[C@H](O)[C@@H](O)[C@@H]3O)O[C@@H]2CO)[C@H](O)[C@H](O)[C@H]1O. The van der Waals surface area contributed by atoms with Gasteiger partial charge in [0.2, 0.25) is 6.29 Å². The monoisotopic (exact) mass is 1070 g/mol. The van der Waals surface area contributed by atoms with Gasteiger partial charge >= 0.3 is 5.97 Å². The molecule has 5 aliphatic carbocycles. The number of carbonyl (C=O) groups is 1. The van der Waals surface area contributed by atoms with E-state index in [2.05, 4.69) is 40.7 Å². The van der Waals surface area contributed by atoms with Crippen LogP contribution in [0.3, 0.4) is 0 Å². The zero-order valence-electron chi connectivity index (χ0n) is 44.2. The minimum absolute atomic E-state index is 0.0319. The van der Waals surface area contributed by atoms with Crippen LogP contribution in [0.25, 0.3) is 0 Å². The van der Waals surface area contributed by atoms with E-state index in [1.807, 2.05) is 6.92 Å². The topological polar surface area (TPSA) is 354 Å². The summed E-state index contributed by atoms with van der Waals surface area (Å²) in [4.78, 5) is 15.1. The number of hydrogen-bond acceptors (Lipinski definition) is 22. The summed E-state index contributed by atoms with van der Waals surface area (Å²) in [5.41, 5.74) is -1.46. The second kappa shape index (κ2) is 21.1. The fraction of sp³-hybridized carbons (Fsp3) is 0.943. The van der Waals surface area contributed by atoms with Crippen LogP contribution < -0.4 is 0 Å². The number of hydrogen-bond donors (Lipinski definition) is 13. The summed E-state index contributed by atoms with van der Waals surface area (Å²) < 4.78 is 47.0. The number of allylic oxidation sites excluding steroid dienone is 2. The number of rotatable bonds is 11. The van der Waals surface area contributed by atoms with E-state index in [9.17, 15) is 66.4 Å². The standard InChI is InChI=1S/C53H86O22/c1-23-32(57)35(60)39(64)45(70-23)74-42-27(19-54)71-43(41(66)37(42)62)69-21-28-34(59)36(61)40(65)46(72-28)75-47(67)53-16-14-48(2,3)18-25(53)24-8-9-30-49(4)12-11-31(73-44-38(63)33(58)26(56)20-68-44)50(5,22-55)29(49)10-13-52(30,7)51(24,6)15-17-53/h8,23,25-46,54-66H,9-22H2,1-7H3/t23-,25-,26-,27+,28+,29+,30+,31-,32-,33-,34+,35+,36-,37+,38+,39+,40+,41+,42+,43+,44-,45-,46-,49-,50-,51?,52?,53?/m0/s1. The average Bonchev–Trinajstić information content (AvgIpc) is 3.37. The molecule has 0 aromatic carbocycles. The smallest absolute Gasteiger partial charge is 0.315 e. The van der Waals surface area contributed by atoms with E-state index in [4.69, 9.17) is 37.9 Å². The summed E-state index contributed by atoms with van der Waals surface area (Å²) in [6, 6.07) is 0. The Hall–Kier alpha value is -1.59. The quantitative estimate of drug-likeness (QED) is 0.0643. The molecule has 22 nitrogen and oxygen atoms in total. The van der Waals surface area contributed by atoms with Gasteiger partial charge in [0.1, 0.15) is 85.5 Å². The van der Waals surface area contributed by atoms with Crippen LogP contribution >= 0.6 is 0 Å². The first-order valence-corrected chi connectivity index (χ1v) is 27.3. The van der Waals surface area contributed by atoms with Gasteiger partial charge < -0.3 is 104 Å². The second-order valence-electron chi connectivity index (χ2n) is 25.7. The molecule has 0 spiro atoms. The number of carbonyl (C=O) groups excluding carboxylic acids is 1. The number of aliphatic hydroxyl groups excluding tert-OH is 13. The van der Waals surface area contributed by atoms with Gasteiger partial charge in [-0.3, -0.25) is 4.79 Å². The molecule has 0 amide bonds. The molecule has 28 atom stereocenters. The predicted octanol–water partition coefficient (Wildman–Crippen LogP) is -1.40. The van der Waals surface area contributed by atoms with Crippen molar-refractivity contribution in [3.05, 3.63) is 11.6 Å². The molecule has 4 heterocycles. The molecule has 0 aromatic rings. The third-order valence-corrected chi connectivity index (χ3v) is 21.1. The molecule has 13 N–H and O–H groups in total. The summed E-state index contributed by atoms with van der Waals surface area (Å²) in [6.45, 7) is 13.2. The molecule has 3 unspecified atom stereocenters. The van der Waals surface area contributed by atoms with Gasteiger partial charge in [-0.15, -0.1) is 0 Å². The van der Waals surface area contributed by atoms with E-state index in [0.29, 0.717) is 38.5 Å². The fourth-order valence-corrected chi connectivity index (χ4v) is 16.1. The Morgan fingerprint density at radius 1 is 0.640 bits per heavy atom. The summed E-state index contributed by atoms with van der Waals surface area (Å²) >= 11 is 0. The number of esters is 1. The lowest BCUT2D eigenvalue weighted by Gasteiger charge is -2.71. The highest BCUT2D eigenvalue weighted by molar-refractivity contribution is 5.79. The maximum absolute atomic E-state index is 15.1. The van der Waals surface area contributed by atoms with Crippen LogP contribution in [0.1, 0.15) is 113 Å². The van der Waals surface area contributed by atoms with Gasteiger partial charge in [0.05, 0.1) is 44.1 Å². The van der Waals surface area contributed by atoms with Gasteiger partial charge in [0, 0.05) is 5.41 Å². The van der Waals surface area contributed by atoms with Gasteiger partial charge in [-0.2, -0.15) is 0 Å². The van der Waals surface area contributed by atoms with Crippen LogP contribution in [-0.4, -0.2) is 222 Å². The van der Waals surface area contributed by atoms with Crippen LogP contribution in [0.2, 0.25) is 0 Å². The van der Waals surface area contributed by atoms with Crippen molar-refractivity contribution in [2.24, 2.45) is 50.2 Å². The molecular formula is C53H86O22. The zero-order valence-corrected chi connectivity index (χ0v) is 44.2. The van der Waals surface area contributed by atoms with Gasteiger partial charge in [-0.25, -0.2) is 0 Å². The highest BCUT2D eigenvalue weighted by atomic mass is 16.8. The Bertz CT molecular complexity index is 2060. The lowest BCUT2D eigenvalue weighted by Crippen LogP contribution is -2.67. The normalized spacial score (nSPS) is 54.8. The third-order valence-electron chi connectivity index (χ3n) is 21.1. The van der Waals surface area contributed by atoms with E-state index < -0.39 is 153 Å². The lowest BCUT2D eigenvalue weighted by molar-refractivity contribution is -0.361. The molecule has 0 bridgehead atoms. The Kier molecular flexibility index (Phi) is 16.3. The first-order valence-electron chi connectivity index (χ1n) is 27.3. The van der Waals surface area contributed by atoms with Crippen LogP contribution in [0, 0.1) is 50.2 Å². The van der Waals surface area contributed by atoms with Crippen molar-refractivity contribution in [3.63, 3.8) is 0 Å². The van der Waals surface area contributed by atoms with E-state index in [0.717, 1.165) is 25.7 Å². The molecule has 9 rings (SSSR count). The Morgan fingerprint density at radius 2 is 1.28 bits per heavy atom. The number of ether oxygens (including phenoxy) is 8. The number of aliphatic hydroxyl groups is 13. The van der Waals surface area contributed by atoms with E-state index in [1.54, 1.807) is 0 Å². The van der Waals surface area contributed by atoms with Crippen molar-refractivity contribution >= 4 is 5.97 Å². The summed E-state index contributed by atoms with van der Waals surface area (Å²) in [5.74, 6) is -0.615. The van der Waals surface area contributed by atoms with Crippen LogP contribution in [0.5, 0.6) is 0 Å². The molecule has 0 radical (unpaired) electrons. The van der Waals surface area contributed by atoms with Crippen molar-refractivity contribution in [1.29, 1.82) is 0 Å². The molecule has 430 valence electrons. The van der Waals surface area contributed by atoms with Gasteiger partial charge in [-0.1, -0.05) is 53.2 Å². The van der Waals surface area contributed by atoms with E-state index in [-0.39, 0.29) is 52.6 Å².